The molecule has 0 saturated carbocycles. The summed E-state index contributed by atoms with van der Waals surface area (Å²) in [6.07, 6.45) is 0.299. The highest BCUT2D eigenvalue weighted by Gasteiger charge is 2.49. The largest absolute Gasteiger partial charge is 0.445 e. The van der Waals surface area contributed by atoms with Gasteiger partial charge in [-0.3, -0.25) is 0 Å². The van der Waals surface area contributed by atoms with Crippen molar-refractivity contribution in [2.45, 2.75) is 18.8 Å². The van der Waals surface area contributed by atoms with Crippen molar-refractivity contribution in [1.29, 1.82) is 0 Å². The number of ether oxygens (including phenoxy) is 2. The van der Waals surface area contributed by atoms with Crippen LogP contribution in [0.4, 0.5) is 4.79 Å². The van der Waals surface area contributed by atoms with E-state index in [9.17, 15) is 4.79 Å². The monoisotopic (exact) mass is 219 g/mol. The third-order valence-electron chi connectivity index (χ3n) is 2.95. The SMILES string of the molecule is O=C(OCc1ccccc1)N1CC2O[C@H]2C1. The van der Waals surface area contributed by atoms with Crippen LogP contribution in [0.1, 0.15) is 5.56 Å². The third kappa shape index (κ3) is 1.88. The molecule has 2 heterocycles. The Morgan fingerprint density at radius 3 is 2.69 bits per heavy atom. The van der Waals surface area contributed by atoms with Gasteiger partial charge in [0, 0.05) is 0 Å². The van der Waals surface area contributed by atoms with E-state index in [-0.39, 0.29) is 18.3 Å². The van der Waals surface area contributed by atoms with Crippen LogP contribution in [0.25, 0.3) is 0 Å². The second kappa shape index (κ2) is 3.79. The summed E-state index contributed by atoms with van der Waals surface area (Å²) >= 11 is 0. The Morgan fingerprint density at radius 1 is 1.31 bits per heavy atom. The standard InChI is InChI=1S/C12H13NO3/c14-12(13-6-10-11(7-13)16-10)15-8-9-4-2-1-3-5-9/h1-5,10-11H,6-8H2/t10-,11?/m0/s1. The maximum atomic E-state index is 11.6. The number of likely N-dealkylation sites (tertiary alicyclic amines) is 1. The third-order valence-corrected chi connectivity index (χ3v) is 2.95. The van der Waals surface area contributed by atoms with Gasteiger partial charge in [-0.15, -0.1) is 0 Å². The van der Waals surface area contributed by atoms with E-state index in [4.69, 9.17) is 9.47 Å². The summed E-state index contributed by atoms with van der Waals surface area (Å²) < 4.78 is 10.5. The molecule has 84 valence electrons. The average molecular weight is 219 g/mol. The summed E-state index contributed by atoms with van der Waals surface area (Å²) in [5.41, 5.74) is 1.01. The molecule has 0 aliphatic carbocycles. The normalized spacial score (nSPS) is 26.4. The fourth-order valence-electron chi connectivity index (χ4n) is 1.97. The average Bonchev–Trinajstić information content (AvgIpc) is 2.94. The van der Waals surface area contributed by atoms with Crippen molar-refractivity contribution in [2.75, 3.05) is 13.1 Å². The predicted molar refractivity (Wildman–Crippen MR) is 56.9 cm³/mol. The van der Waals surface area contributed by atoms with E-state index in [1.165, 1.54) is 0 Å². The van der Waals surface area contributed by atoms with E-state index < -0.39 is 0 Å². The Balaban J connectivity index is 1.50. The molecule has 16 heavy (non-hydrogen) atoms. The molecule has 2 fully saturated rings. The summed E-state index contributed by atoms with van der Waals surface area (Å²) in [7, 11) is 0. The van der Waals surface area contributed by atoms with E-state index in [2.05, 4.69) is 0 Å². The molecule has 1 aromatic rings. The van der Waals surface area contributed by atoms with Crippen LogP contribution in [0.3, 0.4) is 0 Å². The highest BCUT2D eigenvalue weighted by Crippen LogP contribution is 2.30. The minimum atomic E-state index is -0.236. The molecule has 2 saturated heterocycles. The van der Waals surface area contributed by atoms with E-state index in [1.807, 2.05) is 30.3 Å². The maximum absolute atomic E-state index is 11.6. The second-order valence-corrected chi connectivity index (χ2v) is 4.16. The molecule has 0 aromatic heterocycles. The van der Waals surface area contributed by atoms with Gasteiger partial charge in [-0.05, 0) is 5.56 Å². The van der Waals surface area contributed by atoms with Crippen LogP contribution in [0.5, 0.6) is 0 Å². The van der Waals surface area contributed by atoms with Gasteiger partial charge in [-0.25, -0.2) is 4.79 Å². The number of rotatable bonds is 2. The first-order valence-corrected chi connectivity index (χ1v) is 5.44. The lowest BCUT2D eigenvalue weighted by Crippen LogP contribution is -2.32. The van der Waals surface area contributed by atoms with Gasteiger partial charge >= 0.3 is 6.09 Å². The summed E-state index contributed by atoms with van der Waals surface area (Å²) in [5, 5.41) is 0. The van der Waals surface area contributed by atoms with E-state index in [1.54, 1.807) is 4.90 Å². The minimum Gasteiger partial charge on any atom is -0.445 e. The van der Waals surface area contributed by atoms with Crippen LogP contribution in [0.15, 0.2) is 30.3 Å². The van der Waals surface area contributed by atoms with Crippen molar-refractivity contribution < 1.29 is 14.3 Å². The molecule has 2 aliphatic rings. The molecule has 1 amide bonds. The maximum Gasteiger partial charge on any atom is 0.410 e. The molecular formula is C12H13NO3. The van der Waals surface area contributed by atoms with Gasteiger partial charge in [0.15, 0.2) is 0 Å². The quantitative estimate of drug-likeness (QED) is 0.706. The lowest BCUT2D eigenvalue weighted by Gasteiger charge is -2.16. The minimum absolute atomic E-state index is 0.236. The summed E-state index contributed by atoms with van der Waals surface area (Å²) in [5.74, 6) is 0. The Labute approximate surface area is 93.8 Å². The number of amides is 1. The zero-order valence-electron chi connectivity index (χ0n) is 8.83. The highest BCUT2D eigenvalue weighted by atomic mass is 16.6. The van der Waals surface area contributed by atoms with E-state index >= 15 is 0 Å². The van der Waals surface area contributed by atoms with Gasteiger partial charge in [-0.2, -0.15) is 0 Å². The molecule has 2 aliphatic heterocycles. The van der Waals surface area contributed by atoms with Gasteiger partial charge in [0.05, 0.1) is 13.1 Å². The predicted octanol–water partition coefficient (Wildman–Crippen LogP) is 1.41. The number of carbonyl (C=O) groups is 1. The van der Waals surface area contributed by atoms with Crippen LogP contribution in [0.2, 0.25) is 0 Å². The van der Waals surface area contributed by atoms with Crippen molar-refractivity contribution in [3.05, 3.63) is 35.9 Å². The molecule has 4 heteroatoms. The van der Waals surface area contributed by atoms with Gasteiger partial charge in [0.2, 0.25) is 0 Å². The van der Waals surface area contributed by atoms with Crippen LogP contribution in [0, 0.1) is 0 Å². The summed E-state index contributed by atoms with van der Waals surface area (Å²) in [6, 6.07) is 9.69. The number of morpholine rings is 1. The topological polar surface area (TPSA) is 42.1 Å². The summed E-state index contributed by atoms with van der Waals surface area (Å²) in [6.45, 7) is 1.70. The first kappa shape index (κ1) is 9.66. The van der Waals surface area contributed by atoms with Crippen LogP contribution < -0.4 is 0 Å². The number of hydrogen-bond donors (Lipinski definition) is 0. The molecule has 1 unspecified atom stereocenters. The molecule has 3 rings (SSSR count). The fourth-order valence-corrected chi connectivity index (χ4v) is 1.97. The zero-order valence-corrected chi connectivity index (χ0v) is 8.83. The lowest BCUT2D eigenvalue weighted by atomic mass is 10.2. The first-order chi connectivity index (χ1) is 7.83. The molecular weight excluding hydrogens is 206 g/mol. The second-order valence-electron chi connectivity index (χ2n) is 4.16. The van der Waals surface area contributed by atoms with Crippen molar-refractivity contribution >= 4 is 6.09 Å². The van der Waals surface area contributed by atoms with Gasteiger partial charge in [0.25, 0.3) is 0 Å². The fraction of sp³-hybridized carbons (Fsp3) is 0.417. The van der Waals surface area contributed by atoms with Gasteiger partial charge in [-0.1, -0.05) is 30.3 Å². The number of nitrogens with zero attached hydrogens (tertiary/aromatic N) is 1. The van der Waals surface area contributed by atoms with E-state index in [0.717, 1.165) is 5.56 Å². The Kier molecular flexibility index (Phi) is 2.29. The molecule has 4 nitrogen and oxygen atoms in total. The van der Waals surface area contributed by atoms with Crippen molar-refractivity contribution in [1.82, 2.24) is 4.90 Å². The number of hydrogen-bond acceptors (Lipinski definition) is 3. The Bertz CT molecular complexity index is 383. The molecule has 0 radical (unpaired) electrons. The smallest absolute Gasteiger partial charge is 0.410 e. The number of fused-ring (bicyclic) bond motifs is 1. The van der Waals surface area contributed by atoms with E-state index in [0.29, 0.717) is 19.7 Å². The molecule has 0 spiro atoms. The zero-order chi connectivity index (χ0) is 11.0. The van der Waals surface area contributed by atoms with Crippen molar-refractivity contribution in [2.24, 2.45) is 0 Å². The van der Waals surface area contributed by atoms with Crippen LogP contribution in [-0.2, 0) is 16.1 Å². The number of carbonyl (C=O) groups excluding carboxylic acids is 1. The Morgan fingerprint density at radius 2 is 2.00 bits per heavy atom. The molecule has 1 aromatic carbocycles. The lowest BCUT2D eigenvalue weighted by molar-refractivity contribution is 0.0903. The first-order valence-electron chi connectivity index (χ1n) is 5.44. The van der Waals surface area contributed by atoms with Gasteiger partial charge < -0.3 is 14.4 Å². The number of epoxide rings is 1. The Hall–Kier alpha value is -1.55. The molecule has 2 atom stereocenters. The van der Waals surface area contributed by atoms with Crippen LogP contribution in [-0.4, -0.2) is 36.3 Å². The number of benzene rings is 1. The van der Waals surface area contributed by atoms with Crippen LogP contribution >= 0.6 is 0 Å². The highest BCUT2D eigenvalue weighted by molar-refractivity contribution is 5.68. The summed E-state index contributed by atoms with van der Waals surface area (Å²) in [4.78, 5) is 13.3. The van der Waals surface area contributed by atoms with Gasteiger partial charge in [0.1, 0.15) is 18.8 Å². The molecule has 0 N–H and O–H groups in total. The van der Waals surface area contributed by atoms with Crippen molar-refractivity contribution in [3.63, 3.8) is 0 Å². The molecule has 0 bridgehead atoms. The van der Waals surface area contributed by atoms with Crippen molar-refractivity contribution in [3.8, 4) is 0 Å².